The Labute approximate surface area is 245 Å². The monoisotopic (exact) mass is 586 g/mol. The number of sulfonamides is 1. The number of aliphatic hydroxyl groups is 1. The first-order valence-electron chi connectivity index (χ1n) is 14.4. The minimum Gasteiger partial charge on any atom is -0.374 e. The van der Waals surface area contributed by atoms with Crippen molar-refractivity contribution in [2.75, 3.05) is 26.2 Å². The van der Waals surface area contributed by atoms with Gasteiger partial charge in [-0.1, -0.05) is 76.2 Å². The van der Waals surface area contributed by atoms with Crippen molar-refractivity contribution in [3.05, 3.63) is 66.2 Å². The number of amides is 2. The normalized spacial score (nSPS) is 17.4. The molecule has 2 amide bonds. The summed E-state index contributed by atoms with van der Waals surface area (Å²) in [5.41, 5.74) is -1.49. The molecule has 0 spiro atoms. The number of rotatable bonds is 15. The molecular formula is C31H46N4O5S. The van der Waals surface area contributed by atoms with Crippen molar-refractivity contribution in [1.29, 1.82) is 0 Å². The van der Waals surface area contributed by atoms with Crippen LogP contribution in [0.15, 0.2) is 65.6 Å². The fourth-order valence-corrected chi connectivity index (χ4v) is 6.94. The Morgan fingerprint density at radius 3 is 2.27 bits per heavy atom. The molecule has 10 heteroatoms. The molecule has 0 aliphatic carbocycles. The van der Waals surface area contributed by atoms with Crippen molar-refractivity contribution >= 4 is 21.8 Å². The maximum atomic E-state index is 13.9. The van der Waals surface area contributed by atoms with Crippen LogP contribution in [-0.4, -0.2) is 67.6 Å². The Hall–Kier alpha value is -2.79. The second-order valence-corrected chi connectivity index (χ2v) is 14.1. The minimum atomic E-state index is -4.05. The third-order valence-electron chi connectivity index (χ3n) is 7.26. The molecule has 1 heterocycles. The summed E-state index contributed by atoms with van der Waals surface area (Å²) in [5.74, 6) is -0.334. The highest BCUT2D eigenvalue weighted by Crippen LogP contribution is 2.30. The van der Waals surface area contributed by atoms with Gasteiger partial charge in [0, 0.05) is 38.9 Å². The summed E-state index contributed by atoms with van der Waals surface area (Å²) < 4.78 is 28.9. The predicted octanol–water partition coefficient (Wildman–Crippen LogP) is 3.06. The molecular weight excluding hydrogens is 540 g/mol. The molecule has 2 unspecified atom stereocenters. The zero-order chi connectivity index (χ0) is 30.1. The third-order valence-corrected chi connectivity index (χ3v) is 9.20. The lowest BCUT2D eigenvalue weighted by atomic mass is 9.88. The molecule has 1 fully saturated rings. The lowest BCUT2D eigenvalue weighted by Gasteiger charge is -2.40. The number of hydrogen-bond acceptors (Lipinski definition) is 6. The first-order valence-corrected chi connectivity index (χ1v) is 15.9. The molecule has 2 aromatic carbocycles. The number of hydrogen-bond donors (Lipinski definition) is 4. The number of carbonyl (C=O) groups is 2. The molecule has 1 saturated heterocycles. The first-order chi connectivity index (χ1) is 19.3. The SMILES string of the molecule is CC(C)CN(C(O)(CCNC(=O)CC(C)(C)CNC(=O)C1CCCN1)Cc1ccccc1)S(=O)(=O)c1ccccc1. The van der Waals surface area contributed by atoms with Gasteiger partial charge in [-0.05, 0) is 48.4 Å². The fourth-order valence-electron chi connectivity index (χ4n) is 5.09. The van der Waals surface area contributed by atoms with Crippen LogP contribution in [0.5, 0.6) is 0 Å². The summed E-state index contributed by atoms with van der Waals surface area (Å²) in [5, 5.41) is 21.1. The topological polar surface area (TPSA) is 128 Å². The van der Waals surface area contributed by atoms with Crippen LogP contribution in [0.25, 0.3) is 0 Å². The first kappa shape index (κ1) is 32.7. The highest BCUT2D eigenvalue weighted by molar-refractivity contribution is 7.89. The molecule has 1 aliphatic heterocycles. The minimum absolute atomic E-state index is 0.00304. The summed E-state index contributed by atoms with van der Waals surface area (Å²) in [7, 11) is -4.05. The van der Waals surface area contributed by atoms with Gasteiger partial charge in [-0.25, -0.2) is 8.42 Å². The Morgan fingerprint density at radius 2 is 1.68 bits per heavy atom. The smallest absolute Gasteiger partial charge is 0.245 e. The largest absolute Gasteiger partial charge is 0.374 e. The fraction of sp³-hybridized carbons (Fsp3) is 0.548. The average Bonchev–Trinajstić information content (AvgIpc) is 3.46. The summed E-state index contributed by atoms with van der Waals surface area (Å²) in [4.78, 5) is 25.4. The van der Waals surface area contributed by atoms with E-state index in [1.165, 1.54) is 16.4 Å². The lowest BCUT2D eigenvalue weighted by Crippen LogP contribution is -2.55. The van der Waals surface area contributed by atoms with E-state index in [1.807, 2.05) is 58.0 Å². The van der Waals surface area contributed by atoms with E-state index in [2.05, 4.69) is 16.0 Å². The number of nitrogens with one attached hydrogen (secondary N) is 3. The van der Waals surface area contributed by atoms with Crippen LogP contribution in [0.3, 0.4) is 0 Å². The Kier molecular flexibility index (Phi) is 11.5. The molecule has 2 atom stereocenters. The van der Waals surface area contributed by atoms with E-state index in [0.717, 1.165) is 24.9 Å². The molecule has 9 nitrogen and oxygen atoms in total. The van der Waals surface area contributed by atoms with Crippen LogP contribution in [0.2, 0.25) is 0 Å². The van der Waals surface area contributed by atoms with Gasteiger partial charge in [0.15, 0.2) is 0 Å². The van der Waals surface area contributed by atoms with Gasteiger partial charge in [-0.3, -0.25) is 9.59 Å². The number of benzene rings is 2. The van der Waals surface area contributed by atoms with Crippen LogP contribution in [0, 0.1) is 11.3 Å². The van der Waals surface area contributed by atoms with Crippen LogP contribution < -0.4 is 16.0 Å². The summed E-state index contributed by atoms with van der Waals surface area (Å²) in [6.45, 7) is 9.01. The molecule has 1 aliphatic rings. The standard InChI is InChI=1S/C31H46N4O5S/c1-24(2)22-35(41(39,40)26-14-9-6-10-15-26)31(38,20-25-12-7-5-8-13-25)17-19-33-28(36)21-30(3,4)23-34-29(37)27-16-11-18-32-27/h5-10,12-15,24,27,32,38H,11,16-23H2,1-4H3,(H,33,36)(H,34,37). The Bertz CT molecular complexity index is 1230. The van der Waals surface area contributed by atoms with Gasteiger partial charge in [-0.15, -0.1) is 0 Å². The van der Waals surface area contributed by atoms with Crippen molar-refractivity contribution in [2.45, 2.75) is 76.5 Å². The molecule has 2 aromatic rings. The second-order valence-electron chi connectivity index (χ2n) is 12.2. The summed E-state index contributed by atoms with van der Waals surface area (Å²) in [6.07, 6.45) is 2.01. The van der Waals surface area contributed by atoms with Crippen molar-refractivity contribution in [3.63, 3.8) is 0 Å². The quantitative estimate of drug-likeness (QED) is 0.238. The van der Waals surface area contributed by atoms with E-state index in [1.54, 1.807) is 18.2 Å². The number of carbonyl (C=O) groups excluding carboxylic acids is 2. The van der Waals surface area contributed by atoms with E-state index in [9.17, 15) is 23.1 Å². The van der Waals surface area contributed by atoms with E-state index >= 15 is 0 Å². The van der Waals surface area contributed by atoms with Crippen LogP contribution in [0.1, 0.15) is 58.9 Å². The molecule has 3 rings (SSSR count). The van der Waals surface area contributed by atoms with Gasteiger partial charge in [0.1, 0.15) is 5.72 Å². The zero-order valence-electron chi connectivity index (χ0n) is 24.7. The average molecular weight is 587 g/mol. The maximum Gasteiger partial charge on any atom is 0.245 e. The van der Waals surface area contributed by atoms with Gasteiger partial charge in [-0.2, -0.15) is 4.31 Å². The molecule has 0 bridgehead atoms. The zero-order valence-corrected chi connectivity index (χ0v) is 25.5. The molecule has 0 aromatic heterocycles. The van der Waals surface area contributed by atoms with Gasteiger partial charge in [0.25, 0.3) is 0 Å². The Balaban J connectivity index is 1.72. The highest BCUT2D eigenvalue weighted by atomic mass is 32.2. The van der Waals surface area contributed by atoms with E-state index in [4.69, 9.17) is 0 Å². The van der Waals surface area contributed by atoms with Crippen molar-refractivity contribution in [3.8, 4) is 0 Å². The van der Waals surface area contributed by atoms with Crippen LogP contribution in [0.4, 0.5) is 0 Å². The van der Waals surface area contributed by atoms with Crippen molar-refractivity contribution in [2.24, 2.45) is 11.3 Å². The van der Waals surface area contributed by atoms with E-state index < -0.39 is 21.2 Å². The third kappa shape index (κ3) is 9.63. The van der Waals surface area contributed by atoms with Gasteiger partial charge in [0.2, 0.25) is 21.8 Å². The summed E-state index contributed by atoms with van der Waals surface area (Å²) in [6, 6.07) is 17.2. The maximum absolute atomic E-state index is 13.9. The molecule has 4 N–H and O–H groups in total. The van der Waals surface area contributed by atoms with Crippen molar-refractivity contribution < 1.29 is 23.1 Å². The van der Waals surface area contributed by atoms with Gasteiger partial charge >= 0.3 is 0 Å². The second kappa shape index (κ2) is 14.4. The number of nitrogens with zero attached hydrogens (tertiary/aromatic N) is 1. The summed E-state index contributed by atoms with van der Waals surface area (Å²) >= 11 is 0. The molecule has 0 saturated carbocycles. The van der Waals surface area contributed by atoms with Gasteiger partial charge < -0.3 is 21.1 Å². The van der Waals surface area contributed by atoms with E-state index in [0.29, 0.717) is 6.54 Å². The Morgan fingerprint density at radius 1 is 1.05 bits per heavy atom. The van der Waals surface area contributed by atoms with Crippen LogP contribution in [-0.2, 0) is 26.0 Å². The lowest BCUT2D eigenvalue weighted by molar-refractivity contribution is -0.126. The van der Waals surface area contributed by atoms with Crippen LogP contribution >= 0.6 is 0 Å². The highest BCUT2D eigenvalue weighted by Gasteiger charge is 2.43. The van der Waals surface area contributed by atoms with E-state index in [-0.39, 0.29) is 61.0 Å². The van der Waals surface area contributed by atoms with Gasteiger partial charge in [0.05, 0.1) is 10.9 Å². The molecule has 226 valence electrons. The van der Waals surface area contributed by atoms with Crippen molar-refractivity contribution in [1.82, 2.24) is 20.3 Å². The molecule has 41 heavy (non-hydrogen) atoms. The predicted molar refractivity (Wildman–Crippen MR) is 160 cm³/mol. The molecule has 0 radical (unpaired) electrons.